The number of hydrogen-bond acceptors (Lipinski definition) is 2. The van der Waals surface area contributed by atoms with Crippen molar-refractivity contribution in [2.45, 2.75) is 60.0 Å². The number of carbonyl (C=O) groups excluding carboxylic acids is 1. The molecule has 0 N–H and O–H groups in total. The first-order valence-corrected chi connectivity index (χ1v) is 5.88. The SMILES string of the molecule is CCCC(C)CC(=O)C(OC)C(C)(C)C. The van der Waals surface area contributed by atoms with Crippen LogP contribution in [0.1, 0.15) is 53.9 Å². The van der Waals surface area contributed by atoms with Crippen molar-refractivity contribution in [3.8, 4) is 0 Å². The third-order valence-corrected chi connectivity index (χ3v) is 2.65. The third-order valence-electron chi connectivity index (χ3n) is 2.65. The molecule has 0 heterocycles. The zero-order chi connectivity index (χ0) is 12.1. The predicted molar refractivity (Wildman–Crippen MR) is 63.9 cm³/mol. The Kier molecular flexibility index (Phi) is 6.11. The molecule has 0 rings (SSSR count). The van der Waals surface area contributed by atoms with Crippen molar-refractivity contribution in [2.75, 3.05) is 7.11 Å². The molecule has 0 aliphatic carbocycles. The van der Waals surface area contributed by atoms with Gasteiger partial charge in [-0.25, -0.2) is 0 Å². The molecule has 2 heteroatoms. The van der Waals surface area contributed by atoms with Crippen LogP contribution in [0.3, 0.4) is 0 Å². The zero-order valence-electron chi connectivity index (χ0n) is 11.1. The molecule has 15 heavy (non-hydrogen) atoms. The van der Waals surface area contributed by atoms with E-state index in [1.165, 1.54) is 0 Å². The van der Waals surface area contributed by atoms with Gasteiger partial charge in [0.25, 0.3) is 0 Å². The third kappa shape index (κ3) is 5.31. The van der Waals surface area contributed by atoms with Crippen LogP contribution in [-0.2, 0) is 9.53 Å². The minimum absolute atomic E-state index is 0.0994. The molecule has 0 aliphatic heterocycles. The summed E-state index contributed by atoms with van der Waals surface area (Å²) in [7, 11) is 1.62. The minimum atomic E-state index is -0.267. The Hall–Kier alpha value is -0.370. The first-order chi connectivity index (χ1) is 6.82. The van der Waals surface area contributed by atoms with Gasteiger partial charge in [-0.3, -0.25) is 4.79 Å². The summed E-state index contributed by atoms with van der Waals surface area (Å²) in [5.74, 6) is 0.716. The van der Waals surface area contributed by atoms with Gasteiger partial charge >= 0.3 is 0 Å². The van der Waals surface area contributed by atoms with Crippen LogP contribution in [0.15, 0.2) is 0 Å². The Morgan fingerprint density at radius 1 is 1.33 bits per heavy atom. The van der Waals surface area contributed by atoms with Gasteiger partial charge in [0.15, 0.2) is 5.78 Å². The maximum Gasteiger partial charge on any atom is 0.162 e. The number of methoxy groups -OCH3 is 1. The van der Waals surface area contributed by atoms with E-state index in [2.05, 4.69) is 13.8 Å². The summed E-state index contributed by atoms with van der Waals surface area (Å²) < 4.78 is 5.31. The van der Waals surface area contributed by atoms with Crippen LogP contribution in [0, 0.1) is 11.3 Å². The largest absolute Gasteiger partial charge is 0.373 e. The molecule has 0 fully saturated rings. The minimum Gasteiger partial charge on any atom is -0.373 e. The van der Waals surface area contributed by atoms with Gasteiger partial charge in [-0.05, 0) is 11.3 Å². The molecule has 0 amide bonds. The Balaban J connectivity index is 4.29. The van der Waals surface area contributed by atoms with Crippen molar-refractivity contribution >= 4 is 5.78 Å². The van der Waals surface area contributed by atoms with Crippen LogP contribution >= 0.6 is 0 Å². The summed E-state index contributed by atoms with van der Waals surface area (Å²) >= 11 is 0. The van der Waals surface area contributed by atoms with E-state index in [1.54, 1.807) is 7.11 Å². The highest BCUT2D eigenvalue weighted by molar-refractivity contribution is 5.84. The van der Waals surface area contributed by atoms with Crippen molar-refractivity contribution in [2.24, 2.45) is 11.3 Å². The first-order valence-electron chi connectivity index (χ1n) is 5.88. The smallest absolute Gasteiger partial charge is 0.162 e. The summed E-state index contributed by atoms with van der Waals surface area (Å²) in [5, 5.41) is 0. The predicted octanol–water partition coefficient (Wildman–Crippen LogP) is 3.44. The van der Waals surface area contributed by atoms with Crippen LogP contribution in [0.25, 0.3) is 0 Å². The number of carbonyl (C=O) groups is 1. The Morgan fingerprint density at radius 3 is 2.20 bits per heavy atom. The summed E-state index contributed by atoms with van der Waals surface area (Å²) in [6.45, 7) is 10.4. The molecule has 0 aromatic rings. The van der Waals surface area contributed by atoms with Crippen molar-refractivity contribution in [3.05, 3.63) is 0 Å². The maximum atomic E-state index is 12.0. The quantitative estimate of drug-likeness (QED) is 0.677. The van der Waals surface area contributed by atoms with E-state index < -0.39 is 0 Å². The molecule has 0 saturated heterocycles. The fraction of sp³-hybridized carbons (Fsp3) is 0.923. The number of ether oxygens (including phenoxy) is 1. The summed E-state index contributed by atoms with van der Waals surface area (Å²) in [5.41, 5.74) is -0.0994. The van der Waals surface area contributed by atoms with Gasteiger partial charge in [-0.15, -0.1) is 0 Å². The van der Waals surface area contributed by atoms with Crippen LogP contribution in [0.2, 0.25) is 0 Å². The van der Waals surface area contributed by atoms with Gasteiger partial charge in [0.1, 0.15) is 6.10 Å². The van der Waals surface area contributed by atoms with E-state index in [1.807, 2.05) is 20.8 Å². The van der Waals surface area contributed by atoms with E-state index in [0.717, 1.165) is 12.8 Å². The molecular weight excluding hydrogens is 188 g/mol. The lowest BCUT2D eigenvalue weighted by Crippen LogP contribution is -2.36. The Morgan fingerprint density at radius 2 is 1.87 bits per heavy atom. The second kappa shape index (κ2) is 6.26. The average molecular weight is 214 g/mol. The molecule has 2 atom stereocenters. The van der Waals surface area contributed by atoms with Crippen molar-refractivity contribution in [1.29, 1.82) is 0 Å². The van der Waals surface area contributed by atoms with E-state index in [-0.39, 0.29) is 17.3 Å². The second-order valence-electron chi connectivity index (χ2n) is 5.55. The van der Waals surface area contributed by atoms with Gasteiger partial charge in [0.2, 0.25) is 0 Å². The molecule has 0 bridgehead atoms. The van der Waals surface area contributed by atoms with Crippen LogP contribution in [0.5, 0.6) is 0 Å². The van der Waals surface area contributed by atoms with Gasteiger partial charge in [0, 0.05) is 13.5 Å². The standard InChI is InChI=1S/C13H26O2/c1-7-8-10(2)9-11(14)12(15-6)13(3,4)5/h10,12H,7-9H2,1-6H3. The molecule has 0 aromatic carbocycles. The van der Waals surface area contributed by atoms with Gasteiger partial charge in [0.05, 0.1) is 0 Å². The van der Waals surface area contributed by atoms with Crippen LogP contribution in [-0.4, -0.2) is 19.0 Å². The van der Waals surface area contributed by atoms with Crippen LogP contribution < -0.4 is 0 Å². The summed E-state index contributed by atoms with van der Waals surface area (Å²) in [4.78, 5) is 12.0. The van der Waals surface area contributed by atoms with Crippen molar-refractivity contribution < 1.29 is 9.53 Å². The fourth-order valence-electron chi connectivity index (χ4n) is 2.01. The number of rotatable bonds is 6. The number of hydrogen-bond donors (Lipinski definition) is 0. The molecule has 2 unspecified atom stereocenters. The maximum absolute atomic E-state index is 12.0. The molecule has 0 aliphatic rings. The summed E-state index contributed by atoms with van der Waals surface area (Å²) in [6.07, 6.45) is 2.63. The highest BCUT2D eigenvalue weighted by Crippen LogP contribution is 2.25. The lowest BCUT2D eigenvalue weighted by molar-refractivity contribution is -0.135. The normalized spacial score (nSPS) is 16.1. The zero-order valence-corrected chi connectivity index (χ0v) is 11.1. The van der Waals surface area contributed by atoms with E-state index in [0.29, 0.717) is 12.3 Å². The van der Waals surface area contributed by atoms with Crippen molar-refractivity contribution in [1.82, 2.24) is 0 Å². The highest BCUT2D eigenvalue weighted by Gasteiger charge is 2.31. The average Bonchev–Trinajstić information content (AvgIpc) is 2.02. The molecule has 90 valence electrons. The molecule has 0 spiro atoms. The van der Waals surface area contributed by atoms with E-state index >= 15 is 0 Å². The Labute approximate surface area is 94.4 Å². The molecule has 0 radical (unpaired) electrons. The lowest BCUT2D eigenvalue weighted by atomic mass is 9.83. The first kappa shape index (κ1) is 14.6. The van der Waals surface area contributed by atoms with E-state index in [9.17, 15) is 4.79 Å². The topological polar surface area (TPSA) is 26.3 Å². The van der Waals surface area contributed by atoms with E-state index in [4.69, 9.17) is 4.74 Å². The Bertz CT molecular complexity index is 191. The molecule has 0 saturated carbocycles. The van der Waals surface area contributed by atoms with Crippen LogP contribution in [0.4, 0.5) is 0 Å². The molecular formula is C13H26O2. The highest BCUT2D eigenvalue weighted by atomic mass is 16.5. The van der Waals surface area contributed by atoms with Gasteiger partial charge in [-0.2, -0.15) is 0 Å². The fourth-order valence-corrected chi connectivity index (χ4v) is 2.01. The van der Waals surface area contributed by atoms with Gasteiger partial charge in [-0.1, -0.05) is 47.5 Å². The lowest BCUT2D eigenvalue weighted by Gasteiger charge is -2.28. The monoisotopic (exact) mass is 214 g/mol. The molecule has 0 aromatic heterocycles. The molecule has 2 nitrogen and oxygen atoms in total. The summed E-state index contributed by atoms with van der Waals surface area (Å²) in [6, 6.07) is 0. The van der Waals surface area contributed by atoms with Gasteiger partial charge < -0.3 is 4.74 Å². The van der Waals surface area contributed by atoms with Crippen molar-refractivity contribution in [3.63, 3.8) is 0 Å². The number of ketones is 1. The number of Topliss-reactive ketones (excluding diaryl/α,β-unsaturated/α-hetero) is 1. The second-order valence-corrected chi connectivity index (χ2v) is 5.55.